The number of rotatable bonds is 5. The fraction of sp³-hybridized carbons (Fsp3) is 0.143. The van der Waals surface area contributed by atoms with Crippen LogP contribution in [-0.2, 0) is 23.2 Å². The number of hydrogen-bond acceptors (Lipinski definition) is 5. The fourth-order valence-corrected chi connectivity index (χ4v) is 2.63. The number of nitrogens with one attached hydrogen (secondary N) is 1. The quantitative estimate of drug-likeness (QED) is 0.615. The Bertz CT molecular complexity index is 728. The molecule has 0 atom stereocenters. The van der Waals surface area contributed by atoms with Gasteiger partial charge in [0, 0.05) is 12.2 Å². The minimum Gasteiger partial charge on any atom is -0.399 e. The van der Waals surface area contributed by atoms with Gasteiger partial charge in [-0.3, -0.25) is 0 Å². The van der Waals surface area contributed by atoms with E-state index < -0.39 is 10.0 Å². The van der Waals surface area contributed by atoms with E-state index in [1.165, 1.54) is 6.07 Å². The molecule has 112 valence electrons. The van der Waals surface area contributed by atoms with Crippen molar-refractivity contribution in [1.82, 2.24) is 0 Å². The molecule has 0 aliphatic rings. The average Bonchev–Trinajstić information content (AvgIpc) is 2.45. The molecule has 0 aromatic heterocycles. The van der Waals surface area contributed by atoms with Crippen LogP contribution in [0, 0.1) is 0 Å². The topological polar surface area (TPSA) is 118 Å². The van der Waals surface area contributed by atoms with Gasteiger partial charge in [0.25, 0.3) is 0 Å². The van der Waals surface area contributed by atoms with E-state index in [0.717, 1.165) is 11.1 Å². The van der Waals surface area contributed by atoms with E-state index in [2.05, 4.69) is 5.32 Å². The molecule has 6 N–H and O–H groups in total. The third kappa shape index (κ3) is 3.94. The Morgan fingerprint density at radius 2 is 1.67 bits per heavy atom. The summed E-state index contributed by atoms with van der Waals surface area (Å²) in [6, 6.07) is 11.8. The first-order valence-corrected chi connectivity index (χ1v) is 7.79. The second-order valence-corrected chi connectivity index (χ2v) is 6.16. The van der Waals surface area contributed by atoms with Crippen molar-refractivity contribution in [3.8, 4) is 0 Å². The molecule has 6 nitrogen and oxygen atoms in total. The maximum absolute atomic E-state index is 11.6. The van der Waals surface area contributed by atoms with Gasteiger partial charge in [-0.1, -0.05) is 24.3 Å². The number of anilines is 2. The Morgan fingerprint density at radius 3 is 2.24 bits per heavy atom. The van der Waals surface area contributed by atoms with Crippen LogP contribution < -0.4 is 16.2 Å². The lowest BCUT2D eigenvalue weighted by Crippen LogP contribution is -2.15. The van der Waals surface area contributed by atoms with Gasteiger partial charge in [-0.2, -0.15) is 0 Å². The van der Waals surface area contributed by atoms with Gasteiger partial charge < -0.3 is 16.2 Å². The van der Waals surface area contributed by atoms with Crippen molar-refractivity contribution in [2.24, 2.45) is 5.14 Å². The standard InChI is InChI=1S/C14H17N3O3S/c15-12-5-6-13(14(7-12)21(16,19)20)17-8-10-1-3-11(9-18)4-2-10/h1-7,17-18H,8-9,15H2,(H2,16,19,20). The molecule has 21 heavy (non-hydrogen) atoms. The molecule has 7 heteroatoms. The summed E-state index contributed by atoms with van der Waals surface area (Å²) in [5.41, 5.74) is 8.09. The van der Waals surface area contributed by atoms with Crippen LogP contribution in [0.25, 0.3) is 0 Å². The highest BCUT2D eigenvalue weighted by atomic mass is 32.2. The van der Waals surface area contributed by atoms with Crippen molar-refractivity contribution >= 4 is 21.4 Å². The molecule has 0 spiro atoms. The van der Waals surface area contributed by atoms with Crippen molar-refractivity contribution < 1.29 is 13.5 Å². The molecule has 0 amide bonds. The molecule has 0 bridgehead atoms. The zero-order valence-corrected chi connectivity index (χ0v) is 12.1. The van der Waals surface area contributed by atoms with Gasteiger partial charge in [-0.25, -0.2) is 13.6 Å². The summed E-state index contributed by atoms with van der Waals surface area (Å²) < 4.78 is 23.1. The first kappa shape index (κ1) is 15.3. The summed E-state index contributed by atoms with van der Waals surface area (Å²) in [5.74, 6) is 0. The third-order valence-electron chi connectivity index (χ3n) is 3.00. The van der Waals surface area contributed by atoms with Crippen molar-refractivity contribution in [2.45, 2.75) is 18.0 Å². The Hall–Kier alpha value is -2.09. The number of nitrogen functional groups attached to an aromatic ring is 1. The van der Waals surface area contributed by atoms with Crippen LogP contribution in [0.5, 0.6) is 0 Å². The highest BCUT2D eigenvalue weighted by Gasteiger charge is 2.14. The summed E-state index contributed by atoms with van der Waals surface area (Å²) in [7, 11) is -3.85. The van der Waals surface area contributed by atoms with Gasteiger partial charge in [0.15, 0.2) is 0 Å². The van der Waals surface area contributed by atoms with Crippen LogP contribution in [0.2, 0.25) is 0 Å². The minimum absolute atomic E-state index is 0.0127. The summed E-state index contributed by atoms with van der Waals surface area (Å²) >= 11 is 0. The molecule has 0 saturated carbocycles. The fourth-order valence-electron chi connectivity index (χ4n) is 1.88. The van der Waals surface area contributed by atoms with Gasteiger partial charge in [0.05, 0.1) is 12.3 Å². The van der Waals surface area contributed by atoms with Gasteiger partial charge in [0.1, 0.15) is 4.90 Å². The molecule has 2 aromatic rings. The molecular formula is C14H17N3O3S. The number of hydrogen-bond donors (Lipinski definition) is 4. The normalized spacial score (nSPS) is 11.3. The van der Waals surface area contributed by atoms with Crippen LogP contribution in [0.4, 0.5) is 11.4 Å². The van der Waals surface area contributed by atoms with Gasteiger partial charge >= 0.3 is 0 Å². The maximum atomic E-state index is 11.6. The van der Waals surface area contributed by atoms with Gasteiger partial charge in [-0.05, 0) is 29.3 Å². The SMILES string of the molecule is Nc1ccc(NCc2ccc(CO)cc2)c(S(N)(=O)=O)c1. The second kappa shape index (κ2) is 6.13. The third-order valence-corrected chi connectivity index (χ3v) is 3.95. The van der Waals surface area contributed by atoms with E-state index >= 15 is 0 Å². The van der Waals surface area contributed by atoms with Crippen LogP contribution in [-0.4, -0.2) is 13.5 Å². The molecule has 0 heterocycles. The molecule has 0 radical (unpaired) electrons. The predicted molar refractivity (Wildman–Crippen MR) is 81.9 cm³/mol. The largest absolute Gasteiger partial charge is 0.399 e. The monoisotopic (exact) mass is 307 g/mol. The highest BCUT2D eigenvalue weighted by molar-refractivity contribution is 7.89. The molecule has 2 aromatic carbocycles. The van der Waals surface area contributed by atoms with Gasteiger partial charge in [0.2, 0.25) is 10.0 Å². The minimum atomic E-state index is -3.85. The molecular weight excluding hydrogens is 290 g/mol. The second-order valence-electron chi connectivity index (χ2n) is 4.63. The molecule has 0 aliphatic carbocycles. The van der Waals surface area contributed by atoms with E-state index in [1.54, 1.807) is 24.3 Å². The van der Waals surface area contributed by atoms with E-state index in [4.69, 9.17) is 16.0 Å². The van der Waals surface area contributed by atoms with Crippen molar-refractivity contribution in [1.29, 1.82) is 0 Å². The highest BCUT2D eigenvalue weighted by Crippen LogP contribution is 2.23. The van der Waals surface area contributed by atoms with E-state index in [0.29, 0.717) is 17.9 Å². The first-order valence-electron chi connectivity index (χ1n) is 6.25. The molecule has 0 fully saturated rings. The summed E-state index contributed by atoms with van der Waals surface area (Å²) in [5, 5.41) is 17.2. The number of primary sulfonamides is 1. The molecule has 0 aliphatic heterocycles. The Balaban J connectivity index is 2.19. The smallest absolute Gasteiger partial charge is 0.240 e. The predicted octanol–water partition coefficient (Wildman–Crippen LogP) is 1.02. The summed E-state index contributed by atoms with van der Waals surface area (Å²) in [6.45, 7) is 0.416. The molecule has 0 saturated heterocycles. The van der Waals surface area contributed by atoms with Gasteiger partial charge in [-0.15, -0.1) is 0 Å². The van der Waals surface area contributed by atoms with Crippen molar-refractivity contribution in [2.75, 3.05) is 11.1 Å². The number of aliphatic hydroxyl groups is 1. The van der Waals surface area contributed by atoms with E-state index in [1.807, 2.05) is 12.1 Å². The van der Waals surface area contributed by atoms with E-state index in [-0.39, 0.29) is 11.5 Å². The zero-order valence-electron chi connectivity index (χ0n) is 11.3. The maximum Gasteiger partial charge on any atom is 0.240 e. The number of nitrogens with two attached hydrogens (primary N) is 2. The number of benzene rings is 2. The van der Waals surface area contributed by atoms with Crippen molar-refractivity contribution in [3.63, 3.8) is 0 Å². The Kier molecular flexibility index (Phi) is 4.46. The Morgan fingerprint density at radius 1 is 1.05 bits per heavy atom. The zero-order chi connectivity index (χ0) is 15.5. The van der Waals surface area contributed by atoms with Crippen LogP contribution >= 0.6 is 0 Å². The lowest BCUT2D eigenvalue weighted by molar-refractivity contribution is 0.282. The molecule has 0 unspecified atom stereocenters. The first-order chi connectivity index (χ1) is 9.90. The molecule has 2 rings (SSSR count). The van der Waals surface area contributed by atoms with Crippen LogP contribution in [0.1, 0.15) is 11.1 Å². The van der Waals surface area contributed by atoms with Crippen molar-refractivity contribution in [3.05, 3.63) is 53.6 Å². The lowest BCUT2D eigenvalue weighted by Gasteiger charge is -2.11. The summed E-state index contributed by atoms with van der Waals surface area (Å²) in [6.07, 6.45) is 0. The average molecular weight is 307 g/mol. The number of sulfonamides is 1. The lowest BCUT2D eigenvalue weighted by atomic mass is 10.1. The van der Waals surface area contributed by atoms with E-state index in [9.17, 15) is 8.42 Å². The number of aliphatic hydroxyl groups excluding tert-OH is 1. The summed E-state index contributed by atoms with van der Waals surface area (Å²) in [4.78, 5) is -0.0329. The Labute approximate surface area is 123 Å². The van der Waals surface area contributed by atoms with Crippen LogP contribution in [0.15, 0.2) is 47.4 Å². The van der Waals surface area contributed by atoms with Crippen LogP contribution in [0.3, 0.4) is 0 Å².